The summed E-state index contributed by atoms with van der Waals surface area (Å²) in [6, 6.07) is 8.30. The van der Waals surface area contributed by atoms with Gasteiger partial charge in [0.2, 0.25) is 0 Å². The van der Waals surface area contributed by atoms with E-state index < -0.39 is 0 Å². The van der Waals surface area contributed by atoms with Crippen molar-refractivity contribution in [3.8, 4) is 0 Å². The molecule has 0 radical (unpaired) electrons. The number of pyridine rings is 1. The minimum Gasteiger partial charge on any atom is -0.381 e. The molecule has 0 saturated carbocycles. The van der Waals surface area contributed by atoms with Crippen molar-refractivity contribution in [1.29, 1.82) is 0 Å². The van der Waals surface area contributed by atoms with E-state index >= 15 is 0 Å². The zero-order chi connectivity index (χ0) is 12.3. The maximum absolute atomic E-state index is 4.01. The summed E-state index contributed by atoms with van der Waals surface area (Å²) in [5.74, 6) is 0. The molecule has 0 amide bonds. The van der Waals surface area contributed by atoms with Crippen molar-refractivity contribution in [3.05, 3.63) is 57.8 Å². The highest BCUT2D eigenvalue weighted by atomic mass is 79.9. The zero-order valence-electron chi connectivity index (χ0n) is 10.00. The lowest BCUT2D eigenvalue weighted by Gasteiger charge is -2.13. The molecule has 0 spiro atoms. The van der Waals surface area contributed by atoms with E-state index in [9.17, 15) is 0 Å². The highest BCUT2D eigenvalue weighted by Gasteiger charge is 2.03. The topological polar surface area (TPSA) is 24.9 Å². The van der Waals surface area contributed by atoms with Crippen LogP contribution in [0.15, 0.2) is 41.1 Å². The molecule has 2 nitrogen and oxygen atoms in total. The van der Waals surface area contributed by atoms with Crippen molar-refractivity contribution in [1.82, 2.24) is 4.98 Å². The summed E-state index contributed by atoms with van der Waals surface area (Å²) in [4.78, 5) is 4.01. The summed E-state index contributed by atoms with van der Waals surface area (Å²) < 4.78 is 1.13. The van der Waals surface area contributed by atoms with Gasteiger partial charge in [0.15, 0.2) is 0 Å². The van der Waals surface area contributed by atoms with Crippen LogP contribution in [0.1, 0.15) is 16.7 Å². The number of aromatic nitrogens is 1. The standard InChI is InChI=1S/C14H15BrN2/c1-10-7-13(15)8-11(2)14(10)17-9-12-3-5-16-6-4-12/h3-8,17H,9H2,1-2H3. The average Bonchev–Trinajstić information content (AvgIpc) is 2.29. The van der Waals surface area contributed by atoms with Gasteiger partial charge in [-0.3, -0.25) is 4.98 Å². The first-order valence-electron chi connectivity index (χ1n) is 5.56. The number of hydrogen-bond acceptors (Lipinski definition) is 2. The molecule has 0 fully saturated rings. The molecule has 1 heterocycles. The Morgan fingerprint density at radius 3 is 2.29 bits per heavy atom. The smallest absolute Gasteiger partial charge is 0.0403 e. The lowest BCUT2D eigenvalue weighted by molar-refractivity contribution is 1.11. The predicted octanol–water partition coefficient (Wildman–Crippen LogP) is 4.07. The Morgan fingerprint density at radius 1 is 1.12 bits per heavy atom. The van der Waals surface area contributed by atoms with E-state index in [0.717, 1.165) is 11.0 Å². The van der Waals surface area contributed by atoms with Crippen molar-refractivity contribution in [3.63, 3.8) is 0 Å². The van der Waals surface area contributed by atoms with E-state index in [1.54, 1.807) is 0 Å². The minimum absolute atomic E-state index is 0.825. The molecule has 0 aliphatic heterocycles. The van der Waals surface area contributed by atoms with Crippen LogP contribution in [0.25, 0.3) is 0 Å². The number of anilines is 1. The van der Waals surface area contributed by atoms with Crippen molar-refractivity contribution >= 4 is 21.6 Å². The fourth-order valence-corrected chi connectivity index (χ4v) is 2.57. The van der Waals surface area contributed by atoms with Crippen molar-refractivity contribution in [2.24, 2.45) is 0 Å². The third kappa shape index (κ3) is 3.07. The molecule has 1 N–H and O–H groups in total. The molecule has 3 heteroatoms. The molecule has 1 aromatic heterocycles. The predicted molar refractivity (Wildman–Crippen MR) is 75.2 cm³/mol. The van der Waals surface area contributed by atoms with Crippen molar-refractivity contribution in [2.45, 2.75) is 20.4 Å². The Balaban J connectivity index is 2.15. The highest BCUT2D eigenvalue weighted by Crippen LogP contribution is 2.25. The average molecular weight is 291 g/mol. The molecule has 0 bridgehead atoms. The third-order valence-corrected chi connectivity index (χ3v) is 3.17. The number of aryl methyl sites for hydroxylation is 2. The monoisotopic (exact) mass is 290 g/mol. The van der Waals surface area contributed by atoms with Gasteiger partial charge in [0.05, 0.1) is 0 Å². The number of nitrogens with one attached hydrogen (secondary N) is 1. The van der Waals surface area contributed by atoms with E-state index in [2.05, 4.69) is 52.2 Å². The molecule has 17 heavy (non-hydrogen) atoms. The molecular formula is C14H15BrN2. The number of benzene rings is 1. The van der Waals surface area contributed by atoms with Gasteiger partial charge >= 0.3 is 0 Å². The van der Waals surface area contributed by atoms with Gasteiger partial charge in [-0.05, 0) is 54.8 Å². The van der Waals surface area contributed by atoms with Crippen LogP contribution in [-0.2, 0) is 6.54 Å². The first kappa shape index (κ1) is 12.1. The van der Waals surface area contributed by atoms with Gasteiger partial charge in [-0.25, -0.2) is 0 Å². The number of rotatable bonds is 3. The van der Waals surface area contributed by atoms with E-state index in [4.69, 9.17) is 0 Å². The summed E-state index contributed by atoms with van der Waals surface area (Å²) >= 11 is 3.51. The summed E-state index contributed by atoms with van der Waals surface area (Å²) in [5, 5.41) is 3.48. The van der Waals surface area contributed by atoms with Gasteiger partial charge in [0.1, 0.15) is 0 Å². The zero-order valence-corrected chi connectivity index (χ0v) is 11.6. The second kappa shape index (κ2) is 5.32. The Morgan fingerprint density at radius 2 is 1.71 bits per heavy atom. The number of halogens is 1. The van der Waals surface area contributed by atoms with Gasteiger partial charge in [-0.1, -0.05) is 15.9 Å². The Kier molecular flexibility index (Phi) is 3.79. The first-order chi connectivity index (χ1) is 8.16. The quantitative estimate of drug-likeness (QED) is 0.922. The van der Waals surface area contributed by atoms with Gasteiger partial charge in [-0.15, -0.1) is 0 Å². The summed E-state index contributed by atoms with van der Waals surface area (Å²) in [6.45, 7) is 5.06. The molecule has 1 aromatic carbocycles. The SMILES string of the molecule is Cc1cc(Br)cc(C)c1NCc1ccncc1. The van der Waals surface area contributed by atoms with Crippen LogP contribution < -0.4 is 5.32 Å². The van der Waals surface area contributed by atoms with Gasteiger partial charge in [0, 0.05) is 29.1 Å². The fourth-order valence-electron chi connectivity index (χ4n) is 1.88. The molecule has 0 aliphatic rings. The molecule has 0 saturated heterocycles. The second-order valence-corrected chi connectivity index (χ2v) is 5.04. The second-order valence-electron chi connectivity index (χ2n) is 4.12. The van der Waals surface area contributed by atoms with Gasteiger partial charge < -0.3 is 5.32 Å². The number of hydrogen-bond donors (Lipinski definition) is 1. The summed E-state index contributed by atoms with van der Waals surface area (Å²) in [5.41, 5.74) is 4.96. The van der Waals surface area contributed by atoms with Crippen LogP contribution in [-0.4, -0.2) is 4.98 Å². The Bertz CT molecular complexity index is 486. The lowest BCUT2D eigenvalue weighted by Crippen LogP contribution is -2.03. The molecule has 88 valence electrons. The summed E-state index contributed by atoms with van der Waals surface area (Å²) in [7, 11) is 0. The molecule has 0 unspecified atom stereocenters. The molecule has 2 aromatic rings. The van der Waals surface area contributed by atoms with E-state index in [1.165, 1.54) is 22.4 Å². The molecular weight excluding hydrogens is 276 g/mol. The normalized spacial score (nSPS) is 10.3. The minimum atomic E-state index is 0.825. The van der Waals surface area contributed by atoms with Crippen molar-refractivity contribution < 1.29 is 0 Å². The van der Waals surface area contributed by atoms with Gasteiger partial charge in [0.25, 0.3) is 0 Å². The maximum Gasteiger partial charge on any atom is 0.0403 e. The van der Waals surface area contributed by atoms with Crippen LogP contribution in [0.2, 0.25) is 0 Å². The van der Waals surface area contributed by atoms with Crippen LogP contribution >= 0.6 is 15.9 Å². The van der Waals surface area contributed by atoms with E-state index in [-0.39, 0.29) is 0 Å². The maximum atomic E-state index is 4.01. The summed E-state index contributed by atoms with van der Waals surface area (Å²) in [6.07, 6.45) is 3.64. The molecule has 0 atom stereocenters. The Hall–Kier alpha value is -1.35. The van der Waals surface area contributed by atoms with Crippen LogP contribution in [0, 0.1) is 13.8 Å². The van der Waals surface area contributed by atoms with Gasteiger partial charge in [-0.2, -0.15) is 0 Å². The number of nitrogens with zero attached hydrogens (tertiary/aromatic N) is 1. The third-order valence-electron chi connectivity index (χ3n) is 2.72. The molecule has 2 rings (SSSR count). The van der Waals surface area contributed by atoms with Crippen LogP contribution in [0.5, 0.6) is 0 Å². The first-order valence-corrected chi connectivity index (χ1v) is 6.35. The lowest BCUT2D eigenvalue weighted by atomic mass is 10.1. The van der Waals surface area contributed by atoms with Crippen molar-refractivity contribution in [2.75, 3.05) is 5.32 Å². The van der Waals surface area contributed by atoms with Crippen LogP contribution in [0.4, 0.5) is 5.69 Å². The fraction of sp³-hybridized carbons (Fsp3) is 0.214. The Labute approximate surface area is 110 Å². The molecule has 0 aliphatic carbocycles. The van der Waals surface area contributed by atoms with Crippen LogP contribution in [0.3, 0.4) is 0 Å². The largest absolute Gasteiger partial charge is 0.381 e. The van der Waals surface area contributed by atoms with E-state index in [0.29, 0.717) is 0 Å². The van der Waals surface area contributed by atoms with E-state index in [1.807, 2.05) is 24.5 Å². The highest BCUT2D eigenvalue weighted by molar-refractivity contribution is 9.10.